The third kappa shape index (κ3) is 7.66. The summed E-state index contributed by atoms with van der Waals surface area (Å²) in [6, 6.07) is 2.06. The summed E-state index contributed by atoms with van der Waals surface area (Å²) >= 11 is 1.60. The molecule has 1 unspecified atom stereocenters. The Morgan fingerprint density at radius 2 is 2.15 bits per heavy atom. The first-order valence-electron chi connectivity index (χ1n) is 4.17. The van der Waals surface area contributed by atoms with Crippen LogP contribution in [0.2, 0.25) is 0 Å². The van der Waals surface area contributed by atoms with Gasteiger partial charge in [0.15, 0.2) is 0 Å². The lowest BCUT2D eigenvalue weighted by Gasteiger charge is -2.24. The SMILES string of the molecule is CC(=O)NC(CC#N)SC(C)(C)C. The average Bonchev–Trinajstić information content (AvgIpc) is 1.81. The van der Waals surface area contributed by atoms with Crippen LogP contribution in [0.5, 0.6) is 0 Å². The highest BCUT2D eigenvalue weighted by atomic mass is 32.2. The van der Waals surface area contributed by atoms with Gasteiger partial charge in [-0.15, -0.1) is 11.8 Å². The number of thioether (sulfide) groups is 1. The van der Waals surface area contributed by atoms with Gasteiger partial charge in [-0.25, -0.2) is 0 Å². The first-order chi connectivity index (χ1) is 5.85. The minimum atomic E-state index is -0.0949. The normalized spacial score (nSPS) is 13.2. The largest absolute Gasteiger partial charge is 0.344 e. The topological polar surface area (TPSA) is 52.9 Å². The van der Waals surface area contributed by atoms with E-state index in [0.717, 1.165) is 0 Å². The fourth-order valence-corrected chi connectivity index (χ4v) is 2.09. The Labute approximate surface area is 83.9 Å². The van der Waals surface area contributed by atoms with Crippen LogP contribution in [-0.4, -0.2) is 16.0 Å². The number of nitriles is 1. The van der Waals surface area contributed by atoms with E-state index in [4.69, 9.17) is 5.26 Å². The number of nitrogens with one attached hydrogen (secondary N) is 1. The molecule has 1 amide bonds. The highest BCUT2D eigenvalue weighted by Gasteiger charge is 2.19. The first kappa shape index (κ1) is 12.3. The van der Waals surface area contributed by atoms with Crippen molar-refractivity contribution in [2.24, 2.45) is 0 Å². The molecule has 74 valence electrons. The molecule has 0 saturated carbocycles. The number of hydrogen-bond donors (Lipinski definition) is 1. The number of amides is 1. The van der Waals surface area contributed by atoms with Gasteiger partial charge in [0, 0.05) is 11.7 Å². The summed E-state index contributed by atoms with van der Waals surface area (Å²) in [5.74, 6) is -0.0861. The highest BCUT2D eigenvalue weighted by molar-refractivity contribution is 8.01. The molecule has 0 aliphatic carbocycles. The number of hydrogen-bond acceptors (Lipinski definition) is 3. The van der Waals surface area contributed by atoms with E-state index in [1.165, 1.54) is 6.92 Å². The van der Waals surface area contributed by atoms with Crippen molar-refractivity contribution in [2.75, 3.05) is 0 Å². The van der Waals surface area contributed by atoms with Gasteiger partial charge in [-0.3, -0.25) is 4.79 Å². The van der Waals surface area contributed by atoms with Crippen molar-refractivity contribution in [3.63, 3.8) is 0 Å². The number of carbonyl (C=O) groups is 1. The van der Waals surface area contributed by atoms with Gasteiger partial charge in [0.05, 0.1) is 17.9 Å². The van der Waals surface area contributed by atoms with Crippen molar-refractivity contribution >= 4 is 17.7 Å². The molecule has 0 aromatic carbocycles. The van der Waals surface area contributed by atoms with Gasteiger partial charge in [-0.1, -0.05) is 20.8 Å². The molecule has 0 saturated heterocycles. The van der Waals surface area contributed by atoms with Crippen LogP contribution in [0.15, 0.2) is 0 Å². The van der Waals surface area contributed by atoms with Crippen molar-refractivity contribution < 1.29 is 4.79 Å². The lowest BCUT2D eigenvalue weighted by Crippen LogP contribution is -2.33. The number of nitrogens with zero attached hydrogens (tertiary/aromatic N) is 1. The number of carbonyl (C=O) groups excluding carboxylic acids is 1. The molecular weight excluding hydrogens is 184 g/mol. The fraction of sp³-hybridized carbons (Fsp3) is 0.778. The molecule has 1 atom stereocenters. The molecule has 0 aromatic heterocycles. The summed E-state index contributed by atoms with van der Waals surface area (Å²) in [6.45, 7) is 7.64. The van der Waals surface area contributed by atoms with Gasteiger partial charge in [-0.05, 0) is 0 Å². The molecule has 0 rings (SSSR count). The van der Waals surface area contributed by atoms with Crippen LogP contribution >= 0.6 is 11.8 Å². The molecular formula is C9H16N2OS. The zero-order chi connectivity index (χ0) is 10.5. The van der Waals surface area contributed by atoms with Crippen LogP contribution in [0.4, 0.5) is 0 Å². The van der Waals surface area contributed by atoms with Crippen LogP contribution in [0.3, 0.4) is 0 Å². The Bertz CT molecular complexity index is 215. The monoisotopic (exact) mass is 200 g/mol. The zero-order valence-electron chi connectivity index (χ0n) is 8.55. The molecule has 0 aliphatic rings. The minimum Gasteiger partial charge on any atom is -0.344 e. The maximum Gasteiger partial charge on any atom is 0.217 e. The minimum absolute atomic E-state index is 0.0595. The molecule has 0 fully saturated rings. The summed E-state index contributed by atoms with van der Waals surface area (Å²) in [5, 5.41) is 11.2. The molecule has 0 bridgehead atoms. The second-order valence-electron chi connectivity index (χ2n) is 3.78. The second-order valence-corrected chi connectivity index (χ2v) is 5.81. The first-order valence-corrected chi connectivity index (χ1v) is 5.05. The molecule has 0 spiro atoms. The third-order valence-corrected chi connectivity index (χ3v) is 2.41. The summed E-state index contributed by atoms with van der Waals surface area (Å²) < 4.78 is 0.0595. The third-order valence-electron chi connectivity index (χ3n) is 1.14. The summed E-state index contributed by atoms with van der Waals surface area (Å²) in [7, 11) is 0. The van der Waals surface area contributed by atoms with E-state index in [2.05, 4.69) is 32.2 Å². The van der Waals surface area contributed by atoms with Gasteiger partial charge in [0.25, 0.3) is 0 Å². The van der Waals surface area contributed by atoms with Gasteiger partial charge in [0.2, 0.25) is 5.91 Å². The molecule has 1 N–H and O–H groups in total. The summed E-state index contributed by atoms with van der Waals surface area (Å²) in [5.41, 5.74) is 0. The molecule has 3 nitrogen and oxygen atoms in total. The molecule has 13 heavy (non-hydrogen) atoms. The molecule has 0 aliphatic heterocycles. The van der Waals surface area contributed by atoms with E-state index >= 15 is 0 Å². The zero-order valence-corrected chi connectivity index (χ0v) is 9.36. The Balaban J connectivity index is 4.11. The van der Waals surface area contributed by atoms with Crippen molar-refractivity contribution in [1.82, 2.24) is 5.32 Å². The fourth-order valence-electron chi connectivity index (χ4n) is 0.859. The maximum absolute atomic E-state index is 10.8. The predicted molar refractivity (Wildman–Crippen MR) is 55.2 cm³/mol. The lowest BCUT2D eigenvalue weighted by molar-refractivity contribution is -0.119. The van der Waals surface area contributed by atoms with E-state index in [0.29, 0.717) is 6.42 Å². The Hall–Kier alpha value is -0.690. The van der Waals surface area contributed by atoms with E-state index in [1.807, 2.05) is 0 Å². The van der Waals surface area contributed by atoms with Gasteiger partial charge >= 0.3 is 0 Å². The van der Waals surface area contributed by atoms with Crippen molar-refractivity contribution in [3.05, 3.63) is 0 Å². The molecule has 0 radical (unpaired) electrons. The lowest BCUT2D eigenvalue weighted by atomic mass is 10.3. The van der Waals surface area contributed by atoms with Crippen molar-refractivity contribution in [1.29, 1.82) is 5.26 Å². The van der Waals surface area contributed by atoms with E-state index in [9.17, 15) is 4.79 Å². The predicted octanol–water partition coefficient (Wildman–Crippen LogP) is 1.89. The van der Waals surface area contributed by atoms with Gasteiger partial charge in [-0.2, -0.15) is 5.26 Å². The molecule has 0 aromatic rings. The standard InChI is InChI=1S/C9H16N2OS/c1-7(12)11-8(5-6-10)13-9(2,3)4/h8H,5H2,1-4H3,(H,11,12). The van der Waals surface area contributed by atoms with Crippen molar-refractivity contribution in [2.45, 2.75) is 44.2 Å². The Morgan fingerprint density at radius 3 is 2.46 bits per heavy atom. The second kappa shape index (κ2) is 5.13. The van der Waals surface area contributed by atoms with E-state index in [1.54, 1.807) is 11.8 Å². The van der Waals surface area contributed by atoms with Crippen LogP contribution in [0.25, 0.3) is 0 Å². The van der Waals surface area contributed by atoms with Crippen LogP contribution in [0, 0.1) is 11.3 Å². The van der Waals surface area contributed by atoms with Crippen molar-refractivity contribution in [3.8, 4) is 6.07 Å². The number of rotatable bonds is 3. The maximum atomic E-state index is 10.8. The van der Waals surface area contributed by atoms with Crippen LogP contribution in [0.1, 0.15) is 34.1 Å². The van der Waals surface area contributed by atoms with Crippen LogP contribution < -0.4 is 5.32 Å². The van der Waals surface area contributed by atoms with Gasteiger partial charge < -0.3 is 5.32 Å². The highest BCUT2D eigenvalue weighted by Crippen LogP contribution is 2.28. The summed E-state index contributed by atoms with van der Waals surface area (Å²) in [6.07, 6.45) is 0.349. The van der Waals surface area contributed by atoms with E-state index in [-0.39, 0.29) is 16.0 Å². The Kier molecular flexibility index (Phi) is 4.86. The quantitative estimate of drug-likeness (QED) is 0.708. The van der Waals surface area contributed by atoms with Gasteiger partial charge in [0.1, 0.15) is 0 Å². The van der Waals surface area contributed by atoms with Crippen LogP contribution in [-0.2, 0) is 4.79 Å². The average molecular weight is 200 g/mol. The van der Waals surface area contributed by atoms with E-state index < -0.39 is 0 Å². The smallest absolute Gasteiger partial charge is 0.217 e. The molecule has 4 heteroatoms. The molecule has 0 heterocycles. The Morgan fingerprint density at radius 1 is 1.62 bits per heavy atom. The summed E-state index contributed by atoms with van der Waals surface area (Å²) in [4.78, 5) is 10.8.